The summed E-state index contributed by atoms with van der Waals surface area (Å²) in [6.45, 7) is 0. The van der Waals surface area contributed by atoms with Gasteiger partial charge in [0.1, 0.15) is 5.76 Å². The van der Waals surface area contributed by atoms with Crippen molar-refractivity contribution in [3.8, 4) is 0 Å². The van der Waals surface area contributed by atoms with Gasteiger partial charge in [-0.15, -0.1) is 0 Å². The van der Waals surface area contributed by atoms with Crippen molar-refractivity contribution in [2.45, 2.75) is 12.8 Å². The number of ketones is 1. The van der Waals surface area contributed by atoms with Gasteiger partial charge in [-0.25, -0.2) is 0 Å². The summed E-state index contributed by atoms with van der Waals surface area (Å²) in [5.74, 6) is -3.78. The lowest BCUT2D eigenvalue weighted by Crippen LogP contribution is -2.27. The molecule has 9 nitrogen and oxygen atoms in total. The van der Waals surface area contributed by atoms with Gasteiger partial charge in [-0.1, -0.05) is 0 Å². The number of aliphatic hydroxyl groups is 1. The van der Waals surface area contributed by atoms with Crippen LogP contribution >= 0.6 is 0 Å². The van der Waals surface area contributed by atoms with Gasteiger partial charge in [0.05, 0.1) is 19.1 Å². The van der Waals surface area contributed by atoms with Crippen LogP contribution in [0.1, 0.15) is 18.4 Å². The Kier molecular flexibility index (Phi) is 7.26. The molecule has 1 N–H and O–H groups in total. The lowest BCUT2D eigenvalue weighted by atomic mass is 10.0. The van der Waals surface area contributed by atoms with Crippen molar-refractivity contribution in [3.05, 3.63) is 46.0 Å². The van der Waals surface area contributed by atoms with E-state index in [2.05, 4.69) is 9.47 Å². The van der Waals surface area contributed by atoms with E-state index in [1.165, 1.54) is 24.3 Å². The van der Waals surface area contributed by atoms with Crippen molar-refractivity contribution >= 4 is 29.2 Å². The molecule has 0 amide bonds. The summed E-state index contributed by atoms with van der Waals surface area (Å²) in [6.07, 6.45) is 0.584. The molecule has 25 heavy (non-hydrogen) atoms. The Balaban J connectivity index is 2.75. The minimum absolute atomic E-state index is 0.137. The third kappa shape index (κ3) is 5.72. The van der Waals surface area contributed by atoms with Gasteiger partial charge < -0.3 is 14.6 Å². The zero-order valence-corrected chi connectivity index (χ0v) is 13.6. The SMILES string of the molecule is COC(=O)C(CCC(=O)/C=C(\O)c1ccc([N+](=O)[O-])cc1)C(=O)OC. The highest BCUT2D eigenvalue weighted by Crippen LogP contribution is 2.18. The molecular formula is C16H17NO8. The number of allylic oxidation sites excluding steroid dienone is 1. The number of nitrogens with zero attached hydrogens (tertiary/aromatic N) is 1. The fourth-order valence-corrected chi connectivity index (χ4v) is 1.96. The molecule has 0 aliphatic rings. The van der Waals surface area contributed by atoms with E-state index in [-0.39, 0.29) is 29.9 Å². The second-order valence-corrected chi connectivity index (χ2v) is 4.94. The topological polar surface area (TPSA) is 133 Å². The molecule has 0 aromatic heterocycles. The van der Waals surface area contributed by atoms with Crippen LogP contribution in [0.4, 0.5) is 5.69 Å². The largest absolute Gasteiger partial charge is 0.507 e. The number of methoxy groups -OCH3 is 2. The number of benzene rings is 1. The van der Waals surface area contributed by atoms with Gasteiger partial charge in [-0.3, -0.25) is 24.5 Å². The highest BCUT2D eigenvalue weighted by molar-refractivity contribution is 5.98. The molecule has 0 atom stereocenters. The number of esters is 2. The maximum Gasteiger partial charge on any atom is 0.320 e. The zero-order valence-electron chi connectivity index (χ0n) is 13.6. The van der Waals surface area contributed by atoms with E-state index in [0.29, 0.717) is 0 Å². The van der Waals surface area contributed by atoms with Crippen molar-refractivity contribution in [2.24, 2.45) is 5.92 Å². The third-order valence-electron chi connectivity index (χ3n) is 3.32. The van der Waals surface area contributed by atoms with Crippen molar-refractivity contribution in [3.63, 3.8) is 0 Å². The van der Waals surface area contributed by atoms with Gasteiger partial charge in [-0.2, -0.15) is 0 Å². The van der Waals surface area contributed by atoms with Crippen LogP contribution in [0.3, 0.4) is 0 Å². The molecule has 0 radical (unpaired) electrons. The quantitative estimate of drug-likeness (QED) is 0.187. The number of ether oxygens (including phenoxy) is 2. The van der Waals surface area contributed by atoms with E-state index >= 15 is 0 Å². The molecule has 0 bridgehead atoms. The number of non-ortho nitro benzene ring substituents is 1. The monoisotopic (exact) mass is 351 g/mol. The molecule has 1 aromatic rings. The first-order chi connectivity index (χ1) is 11.8. The van der Waals surface area contributed by atoms with Crippen LogP contribution in [0.5, 0.6) is 0 Å². The van der Waals surface area contributed by atoms with Gasteiger partial charge in [0.2, 0.25) is 0 Å². The number of carbonyl (C=O) groups excluding carboxylic acids is 3. The molecule has 0 fully saturated rings. The molecule has 0 heterocycles. The lowest BCUT2D eigenvalue weighted by molar-refractivity contribution is -0.384. The second-order valence-electron chi connectivity index (χ2n) is 4.94. The Morgan fingerprint density at radius 3 is 2.12 bits per heavy atom. The lowest BCUT2D eigenvalue weighted by Gasteiger charge is -2.11. The van der Waals surface area contributed by atoms with E-state index in [1.807, 2.05) is 0 Å². The zero-order chi connectivity index (χ0) is 19.0. The first kappa shape index (κ1) is 19.8. The van der Waals surface area contributed by atoms with Crippen LogP contribution in [0.15, 0.2) is 30.3 Å². The van der Waals surface area contributed by atoms with Crippen LogP contribution < -0.4 is 0 Å². The first-order valence-corrected chi connectivity index (χ1v) is 7.14. The van der Waals surface area contributed by atoms with Crippen LogP contribution in [-0.4, -0.2) is 42.0 Å². The van der Waals surface area contributed by atoms with Crippen molar-refractivity contribution in [1.29, 1.82) is 0 Å². The fraction of sp³-hybridized carbons (Fsp3) is 0.312. The standard InChI is InChI=1S/C16H17NO8/c1-24-15(20)13(16(21)25-2)8-7-12(18)9-14(19)10-3-5-11(6-4-10)17(22)23/h3-6,9,13,19H,7-8H2,1-2H3/b14-9-. The van der Waals surface area contributed by atoms with Crippen molar-refractivity contribution < 1.29 is 33.9 Å². The Labute approximate surface area is 143 Å². The minimum Gasteiger partial charge on any atom is -0.507 e. The maximum atomic E-state index is 11.9. The van der Waals surface area contributed by atoms with Gasteiger partial charge in [0.25, 0.3) is 5.69 Å². The van der Waals surface area contributed by atoms with Crippen LogP contribution in [0.2, 0.25) is 0 Å². The average Bonchev–Trinajstić information content (AvgIpc) is 2.61. The molecule has 1 aromatic carbocycles. The number of aliphatic hydroxyl groups excluding tert-OH is 1. The number of nitro benzene ring substituents is 1. The Morgan fingerprint density at radius 2 is 1.68 bits per heavy atom. The predicted octanol–water partition coefficient (Wildman–Crippen LogP) is 1.81. The van der Waals surface area contributed by atoms with Crippen LogP contribution in [0.25, 0.3) is 5.76 Å². The van der Waals surface area contributed by atoms with E-state index in [1.54, 1.807) is 0 Å². The van der Waals surface area contributed by atoms with Crippen molar-refractivity contribution in [1.82, 2.24) is 0 Å². The molecular weight excluding hydrogens is 334 g/mol. The summed E-state index contributed by atoms with van der Waals surface area (Å²) in [5.41, 5.74) is 0.0679. The smallest absolute Gasteiger partial charge is 0.320 e. The number of hydrogen-bond donors (Lipinski definition) is 1. The van der Waals surface area contributed by atoms with E-state index < -0.39 is 28.6 Å². The van der Waals surface area contributed by atoms with Gasteiger partial charge >= 0.3 is 11.9 Å². The van der Waals surface area contributed by atoms with Crippen LogP contribution in [-0.2, 0) is 23.9 Å². The van der Waals surface area contributed by atoms with E-state index in [0.717, 1.165) is 20.3 Å². The Bertz CT molecular complexity index is 677. The highest BCUT2D eigenvalue weighted by Gasteiger charge is 2.28. The van der Waals surface area contributed by atoms with E-state index in [9.17, 15) is 29.6 Å². The summed E-state index contributed by atoms with van der Waals surface area (Å²) in [7, 11) is 2.22. The molecule has 0 unspecified atom stereocenters. The summed E-state index contributed by atoms with van der Waals surface area (Å²) in [6, 6.07) is 4.97. The Hall–Kier alpha value is -3.23. The molecule has 0 spiro atoms. The number of hydrogen-bond acceptors (Lipinski definition) is 8. The second kappa shape index (κ2) is 9.16. The van der Waals surface area contributed by atoms with Crippen molar-refractivity contribution in [2.75, 3.05) is 14.2 Å². The average molecular weight is 351 g/mol. The molecule has 0 aliphatic heterocycles. The molecule has 1 rings (SSSR count). The van der Waals surface area contributed by atoms with E-state index in [4.69, 9.17) is 0 Å². The first-order valence-electron chi connectivity index (χ1n) is 7.14. The minimum atomic E-state index is -1.23. The summed E-state index contributed by atoms with van der Waals surface area (Å²) >= 11 is 0. The van der Waals surface area contributed by atoms with Gasteiger partial charge in [-0.05, 0) is 18.6 Å². The summed E-state index contributed by atoms with van der Waals surface area (Å²) in [4.78, 5) is 44.9. The number of carbonyl (C=O) groups is 3. The van der Waals surface area contributed by atoms with Crippen LogP contribution in [0, 0.1) is 16.0 Å². The third-order valence-corrected chi connectivity index (χ3v) is 3.32. The Morgan fingerprint density at radius 1 is 1.16 bits per heavy atom. The molecule has 9 heteroatoms. The fourth-order valence-electron chi connectivity index (χ4n) is 1.96. The predicted molar refractivity (Wildman–Crippen MR) is 85.5 cm³/mol. The molecule has 0 aliphatic carbocycles. The highest BCUT2D eigenvalue weighted by atomic mass is 16.6. The molecule has 0 saturated carbocycles. The summed E-state index contributed by atoms with van der Waals surface area (Å²) in [5, 5.41) is 20.5. The van der Waals surface area contributed by atoms with Gasteiger partial charge in [0.15, 0.2) is 11.7 Å². The maximum absolute atomic E-state index is 11.9. The molecule has 0 saturated heterocycles. The molecule has 134 valence electrons. The number of nitro groups is 1. The number of rotatable bonds is 8. The summed E-state index contributed by atoms with van der Waals surface area (Å²) < 4.78 is 8.96. The van der Waals surface area contributed by atoms with Gasteiger partial charge in [0, 0.05) is 30.2 Å². The normalized spacial score (nSPS) is 11.1.